The molecule has 0 bridgehead atoms. The van der Waals surface area contributed by atoms with Crippen molar-refractivity contribution in [1.29, 1.82) is 0 Å². The summed E-state index contributed by atoms with van der Waals surface area (Å²) in [6.07, 6.45) is 11.1. The second-order valence-corrected chi connectivity index (χ2v) is 10.6. The summed E-state index contributed by atoms with van der Waals surface area (Å²) in [7, 11) is 1.46. The molecule has 0 N–H and O–H groups in total. The molecule has 1 aliphatic heterocycles. The van der Waals surface area contributed by atoms with Gasteiger partial charge in [0.1, 0.15) is 5.60 Å². The van der Waals surface area contributed by atoms with Gasteiger partial charge in [-0.05, 0) is 62.9 Å². The van der Waals surface area contributed by atoms with Crippen molar-refractivity contribution in [2.75, 3.05) is 7.11 Å². The summed E-state index contributed by atoms with van der Waals surface area (Å²) in [5, 5.41) is 0. The van der Waals surface area contributed by atoms with Crippen molar-refractivity contribution < 1.29 is 23.9 Å². The number of hydrogen-bond donors (Lipinski definition) is 0. The van der Waals surface area contributed by atoms with Gasteiger partial charge in [-0.2, -0.15) is 0 Å². The fourth-order valence-electron chi connectivity index (χ4n) is 7.74. The van der Waals surface area contributed by atoms with E-state index in [-0.39, 0.29) is 46.3 Å². The largest absolute Gasteiger partial charge is 0.469 e. The Kier molecular flexibility index (Phi) is 4.37. The van der Waals surface area contributed by atoms with Crippen LogP contribution in [0.3, 0.4) is 0 Å². The highest BCUT2D eigenvalue weighted by Gasteiger charge is 2.66. The van der Waals surface area contributed by atoms with Crippen LogP contribution < -0.4 is 0 Å². The number of esters is 2. The van der Waals surface area contributed by atoms with Gasteiger partial charge in [0.15, 0.2) is 5.78 Å². The van der Waals surface area contributed by atoms with E-state index in [2.05, 4.69) is 19.9 Å². The van der Waals surface area contributed by atoms with E-state index in [4.69, 9.17) is 9.47 Å². The van der Waals surface area contributed by atoms with Crippen LogP contribution in [0.4, 0.5) is 0 Å². The summed E-state index contributed by atoms with van der Waals surface area (Å²) in [5.74, 6) is 0.00655. The van der Waals surface area contributed by atoms with E-state index in [0.717, 1.165) is 44.1 Å². The molecule has 1 spiro atoms. The third-order valence-corrected chi connectivity index (χ3v) is 9.46. The summed E-state index contributed by atoms with van der Waals surface area (Å²) in [5.41, 5.74) is 1.70. The van der Waals surface area contributed by atoms with Gasteiger partial charge in [0.2, 0.25) is 0 Å². The van der Waals surface area contributed by atoms with Crippen LogP contribution in [0.2, 0.25) is 0 Å². The zero-order valence-electron chi connectivity index (χ0n) is 18.3. The summed E-state index contributed by atoms with van der Waals surface area (Å²) in [4.78, 5) is 37.4. The molecule has 0 aromatic heterocycles. The molecule has 2 saturated carbocycles. The molecular weight excluding hydrogens is 380 g/mol. The highest BCUT2D eigenvalue weighted by Crippen LogP contribution is 2.68. The van der Waals surface area contributed by atoms with Crippen molar-refractivity contribution in [3.63, 3.8) is 0 Å². The van der Waals surface area contributed by atoms with E-state index in [0.29, 0.717) is 19.3 Å². The lowest BCUT2D eigenvalue weighted by Gasteiger charge is -2.57. The van der Waals surface area contributed by atoms with Gasteiger partial charge in [-0.3, -0.25) is 14.4 Å². The molecule has 5 nitrogen and oxygen atoms in total. The van der Waals surface area contributed by atoms with Crippen molar-refractivity contribution in [2.24, 2.45) is 28.6 Å². The predicted molar refractivity (Wildman–Crippen MR) is 110 cm³/mol. The lowest BCUT2D eigenvalue weighted by Crippen LogP contribution is -2.56. The Bertz CT molecular complexity index is 884. The van der Waals surface area contributed by atoms with Crippen molar-refractivity contribution in [2.45, 2.75) is 77.2 Å². The maximum Gasteiger partial charge on any atom is 0.309 e. The van der Waals surface area contributed by atoms with Gasteiger partial charge >= 0.3 is 11.9 Å². The zero-order chi connectivity index (χ0) is 21.3. The lowest BCUT2D eigenvalue weighted by atomic mass is 9.48. The molecule has 0 amide bonds. The first-order chi connectivity index (χ1) is 14.2. The average molecular weight is 413 g/mol. The molecule has 6 atom stereocenters. The van der Waals surface area contributed by atoms with E-state index in [1.807, 2.05) is 0 Å². The Morgan fingerprint density at radius 3 is 2.70 bits per heavy atom. The minimum Gasteiger partial charge on any atom is -0.469 e. The van der Waals surface area contributed by atoms with Crippen LogP contribution in [0.25, 0.3) is 0 Å². The number of allylic oxidation sites excluding steroid dienone is 4. The number of fused-ring (bicyclic) bond motifs is 6. The highest BCUT2D eigenvalue weighted by atomic mass is 16.6. The van der Waals surface area contributed by atoms with Crippen molar-refractivity contribution in [1.82, 2.24) is 0 Å². The van der Waals surface area contributed by atoms with Crippen LogP contribution in [0, 0.1) is 28.6 Å². The molecule has 5 heteroatoms. The highest BCUT2D eigenvalue weighted by molar-refractivity contribution is 5.92. The van der Waals surface area contributed by atoms with Crippen LogP contribution in [-0.2, 0) is 23.9 Å². The fraction of sp³-hybridized carbons (Fsp3) is 0.720. The van der Waals surface area contributed by atoms with E-state index in [9.17, 15) is 14.4 Å². The Hall–Kier alpha value is -1.91. The standard InChI is InChI=1S/C25H32O5/c1-23-10-6-16(26)13-15(23)14-17(22(28)29-3)21-18(23)7-11-24(2)19(21)8-12-25(24)9-4-5-20(27)30-25/h7,13,17,19,21H,4-6,8-12,14H2,1-3H3/t17-,19?,21?,23+,24+,25+/m1/s1. The van der Waals surface area contributed by atoms with E-state index < -0.39 is 5.60 Å². The first-order valence-corrected chi connectivity index (χ1v) is 11.5. The summed E-state index contributed by atoms with van der Waals surface area (Å²) in [6.45, 7) is 4.54. The number of carbonyl (C=O) groups is 3. The van der Waals surface area contributed by atoms with Gasteiger partial charge < -0.3 is 9.47 Å². The van der Waals surface area contributed by atoms with Gasteiger partial charge in [-0.1, -0.05) is 31.1 Å². The molecule has 3 fully saturated rings. The summed E-state index contributed by atoms with van der Waals surface area (Å²) >= 11 is 0. The van der Waals surface area contributed by atoms with Gasteiger partial charge in [-0.25, -0.2) is 0 Å². The normalized spacial score (nSPS) is 45.0. The molecule has 2 unspecified atom stereocenters. The van der Waals surface area contributed by atoms with E-state index in [1.165, 1.54) is 12.7 Å². The van der Waals surface area contributed by atoms with Crippen LogP contribution in [0.15, 0.2) is 23.3 Å². The van der Waals surface area contributed by atoms with Crippen molar-refractivity contribution in [3.8, 4) is 0 Å². The smallest absolute Gasteiger partial charge is 0.309 e. The fourth-order valence-corrected chi connectivity index (χ4v) is 7.74. The molecule has 1 heterocycles. The average Bonchev–Trinajstić information content (AvgIpc) is 2.99. The monoisotopic (exact) mass is 412 g/mol. The number of hydrogen-bond acceptors (Lipinski definition) is 5. The van der Waals surface area contributed by atoms with Crippen LogP contribution in [0.1, 0.15) is 71.6 Å². The molecule has 0 aromatic rings. The lowest BCUT2D eigenvalue weighted by molar-refractivity contribution is -0.188. The maximum absolute atomic E-state index is 12.9. The molecule has 5 rings (SSSR count). The molecule has 30 heavy (non-hydrogen) atoms. The number of rotatable bonds is 1. The topological polar surface area (TPSA) is 69.7 Å². The SMILES string of the molecule is COC(=O)[C@@H]1CC2=CC(=O)CC[C@]2(C)C2=CC[C@@]3(C)C(CC[C@@]34CCCC(=O)O4)C21. The second kappa shape index (κ2) is 6.54. The third-order valence-electron chi connectivity index (χ3n) is 9.46. The number of methoxy groups -OCH3 is 1. The summed E-state index contributed by atoms with van der Waals surface area (Å²) < 4.78 is 11.4. The Labute approximate surface area is 178 Å². The third kappa shape index (κ3) is 2.50. The van der Waals surface area contributed by atoms with Gasteiger partial charge in [-0.15, -0.1) is 0 Å². The number of carbonyl (C=O) groups excluding carboxylic acids is 3. The van der Waals surface area contributed by atoms with Gasteiger partial charge in [0.05, 0.1) is 13.0 Å². The molecular formula is C25H32O5. The zero-order valence-corrected chi connectivity index (χ0v) is 18.3. The molecule has 0 radical (unpaired) electrons. The predicted octanol–water partition coefficient (Wildman–Crippen LogP) is 4.30. The van der Waals surface area contributed by atoms with Crippen molar-refractivity contribution in [3.05, 3.63) is 23.3 Å². The van der Waals surface area contributed by atoms with Gasteiger partial charge in [0, 0.05) is 23.7 Å². The second-order valence-electron chi connectivity index (χ2n) is 10.6. The molecule has 5 aliphatic rings. The number of ketones is 1. The Morgan fingerprint density at radius 2 is 1.97 bits per heavy atom. The first-order valence-electron chi connectivity index (χ1n) is 11.5. The minimum absolute atomic E-state index is 0.0750. The maximum atomic E-state index is 12.9. The summed E-state index contributed by atoms with van der Waals surface area (Å²) in [6, 6.07) is 0. The van der Waals surface area contributed by atoms with Crippen molar-refractivity contribution >= 4 is 17.7 Å². The molecule has 0 aromatic carbocycles. The quantitative estimate of drug-likeness (QED) is 0.474. The molecule has 162 valence electrons. The first kappa shape index (κ1) is 20.0. The molecule has 1 saturated heterocycles. The van der Waals surface area contributed by atoms with Gasteiger partial charge in [0.25, 0.3) is 0 Å². The Balaban J connectivity index is 1.62. The van der Waals surface area contributed by atoms with Crippen LogP contribution in [0.5, 0.6) is 0 Å². The Morgan fingerprint density at radius 1 is 1.17 bits per heavy atom. The van der Waals surface area contributed by atoms with E-state index >= 15 is 0 Å². The van der Waals surface area contributed by atoms with E-state index in [1.54, 1.807) is 6.08 Å². The van der Waals surface area contributed by atoms with Crippen LogP contribution >= 0.6 is 0 Å². The minimum atomic E-state index is -0.407. The number of ether oxygens (including phenoxy) is 2. The van der Waals surface area contributed by atoms with Crippen LogP contribution in [-0.4, -0.2) is 30.4 Å². The molecule has 4 aliphatic carbocycles.